The number of allylic oxidation sites excluding steroid dienone is 2. The van der Waals surface area contributed by atoms with Crippen LogP contribution < -0.4 is 10.6 Å². The van der Waals surface area contributed by atoms with Crippen LogP contribution in [0.3, 0.4) is 0 Å². The van der Waals surface area contributed by atoms with Gasteiger partial charge in [-0.3, -0.25) is 14.4 Å². The highest BCUT2D eigenvalue weighted by Crippen LogP contribution is 2.60. The molecule has 2 saturated carbocycles. The Bertz CT molecular complexity index is 817. The SMILES string of the molecule is CCCc1cc(C(N)=O)c(N2C(=O)C3C4CCC(C4=C(C)C)C3C2=O)s1. The number of aryl methyl sites for hydroxylation is 1. The summed E-state index contributed by atoms with van der Waals surface area (Å²) < 4.78 is 0. The molecule has 26 heavy (non-hydrogen) atoms. The van der Waals surface area contributed by atoms with Crippen LogP contribution in [0, 0.1) is 23.7 Å². The van der Waals surface area contributed by atoms with Crippen molar-refractivity contribution >= 4 is 34.1 Å². The normalized spacial score (nSPS) is 29.7. The number of nitrogens with zero attached hydrogens (tertiary/aromatic N) is 1. The first kappa shape index (κ1) is 17.5. The molecule has 4 rings (SSSR count). The molecule has 2 heterocycles. The summed E-state index contributed by atoms with van der Waals surface area (Å²) in [7, 11) is 0. The predicted octanol–water partition coefficient (Wildman–Crippen LogP) is 3.28. The number of nitrogens with two attached hydrogens (primary N) is 1. The molecule has 2 N–H and O–H groups in total. The highest BCUT2D eigenvalue weighted by atomic mass is 32.1. The third-order valence-electron chi connectivity index (χ3n) is 6.16. The molecule has 0 spiro atoms. The number of anilines is 1. The van der Waals surface area contributed by atoms with Crippen molar-refractivity contribution < 1.29 is 14.4 Å². The van der Waals surface area contributed by atoms with Crippen LogP contribution in [0.4, 0.5) is 5.00 Å². The fourth-order valence-corrected chi connectivity index (χ4v) is 6.61. The van der Waals surface area contributed by atoms with E-state index in [-0.39, 0.29) is 35.5 Å². The third kappa shape index (κ3) is 2.24. The van der Waals surface area contributed by atoms with Crippen LogP contribution in [-0.2, 0) is 16.0 Å². The standard InChI is InChI=1S/C20H24N2O3S/c1-4-5-10-8-13(17(21)23)20(26-10)22-18(24)15-11-6-7-12(14(11)9(2)3)16(15)19(22)25/h8,11-12,15-16H,4-7H2,1-3H3,(H2,21,23). The van der Waals surface area contributed by atoms with E-state index in [9.17, 15) is 14.4 Å². The second-order valence-electron chi connectivity index (χ2n) is 7.85. The van der Waals surface area contributed by atoms with Gasteiger partial charge in [0.05, 0.1) is 17.4 Å². The minimum absolute atomic E-state index is 0.140. The van der Waals surface area contributed by atoms with Crippen LogP contribution in [0.1, 0.15) is 55.3 Å². The number of imide groups is 1. The van der Waals surface area contributed by atoms with E-state index >= 15 is 0 Å². The molecule has 138 valence electrons. The molecular weight excluding hydrogens is 348 g/mol. The first-order valence-electron chi connectivity index (χ1n) is 9.34. The molecule has 1 aliphatic heterocycles. The van der Waals surface area contributed by atoms with Crippen LogP contribution in [0.5, 0.6) is 0 Å². The van der Waals surface area contributed by atoms with Gasteiger partial charge in [0.1, 0.15) is 5.00 Å². The number of rotatable bonds is 4. The summed E-state index contributed by atoms with van der Waals surface area (Å²) in [6, 6.07) is 1.75. The van der Waals surface area contributed by atoms with E-state index in [1.807, 2.05) is 0 Å². The molecule has 1 aromatic rings. The fourth-order valence-electron chi connectivity index (χ4n) is 5.34. The average molecular weight is 372 g/mol. The van der Waals surface area contributed by atoms with Crippen molar-refractivity contribution in [2.75, 3.05) is 4.90 Å². The number of primary amides is 1. The topological polar surface area (TPSA) is 80.5 Å². The second-order valence-corrected chi connectivity index (χ2v) is 8.97. The molecule has 2 bridgehead atoms. The van der Waals surface area contributed by atoms with E-state index in [1.165, 1.54) is 27.4 Å². The molecule has 1 saturated heterocycles. The predicted molar refractivity (Wildman–Crippen MR) is 101 cm³/mol. The highest BCUT2D eigenvalue weighted by Gasteiger charge is 2.64. The van der Waals surface area contributed by atoms with Gasteiger partial charge in [0.25, 0.3) is 5.91 Å². The van der Waals surface area contributed by atoms with Gasteiger partial charge in [-0.25, -0.2) is 4.90 Å². The van der Waals surface area contributed by atoms with Crippen LogP contribution in [0.25, 0.3) is 0 Å². The molecule has 3 aliphatic rings. The van der Waals surface area contributed by atoms with Crippen molar-refractivity contribution in [3.05, 3.63) is 27.7 Å². The van der Waals surface area contributed by atoms with Crippen molar-refractivity contribution in [2.24, 2.45) is 29.4 Å². The number of carbonyl (C=O) groups excluding carboxylic acids is 3. The zero-order chi connectivity index (χ0) is 18.7. The van der Waals surface area contributed by atoms with Crippen LogP contribution in [0.15, 0.2) is 17.2 Å². The number of amides is 3. The lowest BCUT2D eigenvalue weighted by Gasteiger charge is -2.18. The first-order chi connectivity index (χ1) is 12.4. The van der Waals surface area contributed by atoms with E-state index in [2.05, 4.69) is 20.8 Å². The number of hydrogen-bond donors (Lipinski definition) is 1. The van der Waals surface area contributed by atoms with E-state index in [0.717, 1.165) is 30.6 Å². The Kier molecular flexibility index (Phi) is 4.06. The Morgan fingerprint density at radius 1 is 1.19 bits per heavy atom. The molecular formula is C20H24N2O3S. The van der Waals surface area contributed by atoms with E-state index in [0.29, 0.717) is 10.6 Å². The molecule has 4 atom stereocenters. The van der Waals surface area contributed by atoms with Crippen LogP contribution in [-0.4, -0.2) is 17.7 Å². The van der Waals surface area contributed by atoms with Gasteiger partial charge in [0.15, 0.2) is 0 Å². The van der Waals surface area contributed by atoms with Crippen molar-refractivity contribution in [2.45, 2.75) is 46.5 Å². The number of thiophene rings is 1. The summed E-state index contributed by atoms with van der Waals surface area (Å²) in [6.45, 7) is 6.21. The van der Waals surface area contributed by atoms with Crippen LogP contribution >= 0.6 is 11.3 Å². The summed E-state index contributed by atoms with van der Waals surface area (Å²) >= 11 is 1.36. The van der Waals surface area contributed by atoms with E-state index in [4.69, 9.17) is 5.73 Å². The molecule has 4 unspecified atom stereocenters. The summed E-state index contributed by atoms with van der Waals surface area (Å²) in [4.78, 5) is 40.7. The van der Waals surface area contributed by atoms with E-state index < -0.39 is 5.91 Å². The Morgan fingerprint density at radius 2 is 1.77 bits per heavy atom. The van der Waals surface area contributed by atoms with Gasteiger partial charge in [0.2, 0.25) is 11.8 Å². The number of fused-ring (bicyclic) bond motifs is 5. The Balaban J connectivity index is 1.76. The lowest BCUT2D eigenvalue weighted by Crippen LogP contribution is -2.34. The third-order valence-corrected chi connectivity index (χ3v) is 7.34. The molecule has 2 aliphatic carbocycles. The van der Waals surface area contributed by atoms with Gasteiger partial charge in [-0.2, -0.15) is 0 Å². The lowest BCUT2D eigenvalue weighted by atomic mass is 9.81. The Labute approximate surface area is 157 Å². The Hall–Kier alpha value is -1.95. The lowest BCUT2D eigenvalue weighted by molar-refractivity contribution is -0.122. The molecule has 5 nitrogen and oxygen atoms in total. The van der Waals surface area contributed by atoms with Crippen LogP contribution in [0.2, 0.25) is 0 Å². The molecule has 3 fully saturated rings. The minimum atomic E-state index is -0.579. The zero-order valence-electron chi connectivity index (χ0n) is 15.4. The zero-order valence-corrected chi connectivity index (χ0v) is 16.2. The largest absolute Gasteiger partial charge is 0.366 e. The Morgan fingerprint density at radius 3 is 2.23 bits per heavy atom. The summed E-state index contributed by atoms with van der Waals surface area (Å²) in [5.74, 6) is -1.01. The second kappa shape index (κ2) is 6.05. The quantitative estimate of drug-likeness (QED) is 0.650. The molecule has 1 aromatic heterocycles. The minimum Gasteiger partial charge on any atom is -0.366 e. The van der Waals surface area contributed by atoms with Gasteiger partial charge in [-0.05, 0) is 51.0 Å². The highest BCUT2D eigenvalue weighted by molar-refractivity contribution is 7.17. The van der Waals surface area contributed by atoms with Gasteiger partial charge in [-0.15, -0.1) is 11.3 Å². The molecule has 0 radical (unpaired) electrons. The van der Waals surface area contributed by atoms with Gasteiger partial charge in [0, 0.05) is 4.88 Å². The van der Waals surface area contributed by atoms with Crippen molar-refractivity contribution in [1.29, 1.82) is 0 Å². The maximum Gasteiger partial charge on any atom is 0.251 e. The summed E-state index contributed by atoms with van der Waals surface area (Å²) in [6.07, 6.45) is 3.70. The first-order valence-corrected chi connectivity index (χ1v) is 10.2. The van der Waals surface area contributed by atoms with Gasteiger partial charge >= 0.3 is 0 Å². The fraction of sp³-hybridized carbons (Fsp3) is 0.550. The average Bonchev–Trinajstić information content (AvgIpc) is 3.29. The maximum absolute atomic E-state index is 13.2. The maximum atomic E-state index is 13.2. The summed E-state index contributed by atoms with van der Waals surface area (Å²) in [5, 5.41) is 0.434. The smallest absolute Gasteiger partial charge is 0.251 e. The van der Waals surface area contributed by atoms with E-state index in [1.54, 1.807) is 6.07 Å². The van der Waals surface area contributed by atoms with Gasteiger partial charge in [-0.1, -0.05) is 24.5 Å². The van der Waals surface area contributed by atoms with Crippen molar-refractivity contribution in [3.8, 4) is 0 Å². The molecule has 3 amide bonds. The van der Waals surface area contributed by atoms with Crippen molar-refractivity contribution in [3.63, 3.8) is 0 Å². The number of carbonyl (C=O) groups is 3. The molecule has 0 aromatic carbocycles. The molecule has 6 heteroatoms. The summed E-state index contributed by atoms with van der Waals surface area (Å²) in [5.41, 5.74) is 8.42. The van der Waals surface area contributed by atoms with Crippen molar-refractivity contribution in [1.82, 2.24) is 0 Å². The van der Waals surface area contributed by atoms with Gasteiger partial charge < -0.3 is 5.73 Å². The number of hydrogen-bond acceptors (Lipinski definition) is 4. The monoisotopic (exact) mass is 372 g/mol.